The molecule has 0 spiro atoms. The molecular formula is C13H13F4N3. The van der Waals surface area contributed by atoms with Crippen molar-refractivity contribution in [1.29, 1.82) is 0 Å². The van der Waals surface area contributed by atoms with Gasteiger partial charge in [-0.3, -0.25) is 4.68 Å². The van der Waals surface area contributed by atoms with Crippen molar-refractivity contribution < 1.29 is 17.6 Å². The zero-order valence-corrected chi connectivity index (χ0v) is 10.9. The molecule has 0 atom stereocenters. The number of nitrogens with one attached hydrogen (secondary N) is 1. The third-order valence-corrected chi connectivity index (χ3v) is 2.78. The Hall–Kier alpha value is -2.05. The molecule has 108 valence electrons. The number of halogens is 4. The molecule has 0 aliphatic carbocycles. The van der Waals surface area contributed by atoms with E-state index in [1.807, 2.05) is 0 Å². The van der Waals surface area contributed by atoms with Crippen LogP contribution < -0.4 is 5.32 Å². The molecule has 0 radical (unpaired) electrons. The third-order valence-electron chi connectivity index (χ3n) is 2.78. The van der Waals surface area contributed by atoms with E-state index in [1.165, 1.54) is 0 Å². The molecule has 1 aromatic carbocycles. The summed E-state index contributed by atoms with van der Waals surface area (Å²) < 4.78 is 52.5. The van der Waals surface area contributed by atoms with Crippen LogP contribution in [-0.2, 0) is 19.8 Å². The van der Waals surface area contributed by atoms with Gasteiger partial charge in [0.25, 0.3) is 0 Å². The maximum atomic E-state index is 13.2. The van der Waals surface area contributed by atoms with Crippen LogP contribution in [0, 0.1) is 12.7 Å². The number of hydrogen-bond acceptors (Lipinski definition) is 2. The summed E-state index contributed by atoms with van der Waals surface area (Å²) in [6.45, 7) is 1.86. The highest BCUT2D eigenvalue weighted by atomic mass is 19.4. The predicted octanol–water partition coefficient (Wildman–Crippen LogP) is 3.50. The van der Waals surface area contributed by atoms with E-state index in [1.54, 1.807) is 24.9 Å². The summed E-state index contributed by atoms with van der Waals surface area (Å²) in [7, 11) is 1.74. The predicted molar refractivity (Wildman–Crippen MR) is 66.7 cm³/mol. The molecule has 20 heavy (non-hydrogen) atoms. The van der Waals surface area contributed by atoms with Crippen molar-refractivity contribution in [3.8, 4) is 0 Å². The van der Waals surface area contributed by atoms with Crippen LogP contribution in [0.2, 0.25) is 0 Å². The molecule has 1 aromatic heterocycles. The first-order valence-electron chi connectivity index (χ1n) is 5.86. The van der Waals surface area contributed by atoms with E-state index in [4.69, 9.17) is 0 Å². The average molecular weight is 287 g/mol. The highest BCUT2D eigenvalue weighted by Crippen LogP contribution is 2.30. The Morgan fingerprint density at radius 1 is 1.25 bits per heavy atom. The van der Waals surface area contributed by atoms with Crippen LogP contribution in [0.1, 0.15) is 16.8 Å². The van der Waals surface area contributed by atoms with E-state index >= 15 is 0 Å². The quantitative estimate of drug-likeness (QED) is 0.876. The van der Waals surface area contributed by atoms with E-state index in [-0.39, 0.29) is 12.1 Å². The van der Waals surface area contributed by atoms with Crippen LogP contribution in [-0.4, -0.2) is 9.78 Å². The second-order valence-corrected chi connectivity index (χ2v) is 4.50. The van der Waals surface area contributed by atoms with E-state index in [0.717, 1.165) is 17.8 Å². The lowest BCUT2D eigenvalue weighted by Crippen LogP contribution is -2.08. The standard InChI is InChI=1S/C13H13F4N3/c1-8-12(7-20(2)19-8)18-6-9-3-10(13(15,16)17)5-11(14)4-9/h3-5,7,18H,6H2,1-2H3. The number of benzene rings is 1. The van der Waals surface area contributed by atoms with Gasteiger partial charge in [-0.15, -0.1) is 0 Å². The number of nitrogens with zero attached hydrogens (tertiary/aromatic N) is 2. The smallest absolute Gasteiger partial charge is 0.378 e. The lowest BCUT2D eigenvalue weighted by Gasteiger charge is -2.10. The Kier molecular flexibility index (Phi) is 3.69. The van der Waals surface area contributed by atoms with Crippen molar-refractivity contribution in [2.75, 3.05) is 5.32 Å². The van der Waals surface area contributed by atoms with Gasteiger partial charge in [-0.2, -0.15) is 18.3 Å². The van der Waals surface area contributed by atoms with Crippen LogP contribution in [0.5, 0.6) is 0 Å². The Bertz CT molecular complexity index is 617. The van der Waals surface area contributed by atoms with Crippen molar-refractivity contribution >= 4 is 5.69 Å². The van der Waals surface area contributed by atoms with E-state index in [0.29, 0.717) is 11.8 Å². The number of rotatable bonds is 3. The van der Waals surface area contributed by atoms with Gasteiger partial charge in [0, 0.05) is 19.8 Å². The Balaban J connectivity index is 2.18. The molecule has 0 fully saturated rings. The normalized spacial score (nSPS) is 11.7. The van der Waals surface area contributed by atoms with Crippen molar-refractivity contribution in [3.05, 3.63) is 47.0 Å². The maximum Gasteiger partial charge on any atom is 0.416 e. The fraction of sp³-hybridized carbons (Fsp3) is 0.308. The van der Waals surface area contributed by atoms with Crippen molar-refractivity contribution in [2.45, 2.75) is 19.6 Å². The van der Waals surface area contributed by atoms with Gasteiger partial charge in [-0.25, -0.2) is 4.39 Å². The van der Waals surface area contributed by atoms with Crippen molar-refractivity contribution in [1.82, 2.24) is 9.78 Å². The summed E-state index contributed by atoms with van der Waals surface area (Å²) in [6.07, 6.45) is -2.85. The second-order valence-electron chi connectivity index (χ2n) is 4.50. The average Bonchev–Trinajstić information content (AvgIpc) is 2.63. The van der Waals surface area contributed by atoms with E-state index in [2.05, 4.69) is 10.4 Å². The SMILES string of the molecule is Cc1nn(C)cc1NCc1cc(F)cc(C(F)(F)F)c1. The Labute approximate surface area is 113 Å². The molecule has 0 unspecified atom stereocenters. The minimum Gasteiger partial charge on any atom is -0.378 e. The fourth-order valence-corrected chi connectivity index (χ4v) is 1.89. The molecule has 1 N–H and O–H groups in total. The van der Waals surface area contributed by atoms with Crippen LogP contribution in [0.3, 0.4) is 0 Å². The number of aryl methyl sites for hydroxylation is 2. The minimum absolute atomic E-state index is 0.0906. The molecule has 0 amide bonds. The number of hydrogen-bond donors (Lipinski definition) is 1. The van der Waals surface area contributed by atoms with Crippen LogP contribution in [0.25, 0.3) is 0 Å². The fourth-order valence-electron chi connectivity index (χ4n) is 1.89. The molecule has 2 aromatic rings. The monoisotopic (exact) mass is 287 g/mol. The highest BCUT2D eigenvalue weighted by molar-refractivity contribution is 5.46. The summed E-state index contributed by atoms with van der Waals surface area (Å²) in [5.41, 5.74) is 0.656. The summed E-state index contributed by atoms with van der Waals surface area (Å²) in [5, 5.41) is 7.04. The molecule has 2 rings (SSSR count). The van der Waals surface area contributed by atoms with Gasteiger partial charge >= 0.3 is 6.18 Å². The molecule has 0 aliphatic heterocycles. The summed E-state index contributed by atoms with van der Waals surface area (Å²) in [4.78, 5) is 0. The first-order chi connectivity index (χ1) is 9.25. The van der Waals surface area contributed by atoms with E-state index in [9.17, 15) is 17.6 Å². The zero-order valence-electron chi connectivity index (χ0n) is 10.9. The molecule has 3 nitrogen and oxygen atoms in total. The molecule has 1 heterocycles. The summed E-state index contributed by atoms with van der Waals surface area (Å²) >= 11 is 0. The lowest BCUT2D eigenvalue weighted by molar-refractivity contribution is -0.137. The van der Waals surface area contributed by atoms with Gasteiger partial charge < -0.3 is 5.32 Å². The number of alkyl halides is 3. The Morgan fingerprint density at radius 3 is 2.50 bits per heavy atom. The van der Waals surface area contributed by atoms with Crippen molar-refractivity contribution in [3.63, 3.8) is 0 Å². The Morgan fingerprint density at radius 2 is 1.95 bits per heavy atom. The van der Waals surface area contributed by atoms with Crippen molar-refractivity contribution in [2.24, 2.45) is 7.05 Å². The molecule has 0 saturated carbocycles. The number of aromatic nitrogens is 2. The van der Waals surface area contributed by atoms with Crippen LogP contribution >= 0.6 is 0 Å². The maximum absolute atomic E-state index is 13.2. The molecule has 7 heteroatoms. The largest absolute Gasteiger partial charge is 0.416 e. The molecule has 0 saturated heterocycles. The van der Waals surface area contributed by atoms with Gasteiger partial charge in [0.1, 0.15) is 5.82 Å². The minimum atomic E-state index is -4.55. The van der Waals surface area contributed by atoms with E-state index < -0.39 is 17.6 Å². The molecule has 0 aliphatic rings. The van der Waals surface area contributed by atoms with Gasteiger partial charge in [-0.1, -0.05) is 0 Å². The number of anilines is 1. The lowest BCUT2D eigenvalue weighted by atomic mass is 10.1. The third kappa shape index (κ3) is 3.28. The first kappa shape index (κ1) is 14.4. The zero-order chi connectivity index (χ0) is 14.9. The van der Waals surface area contributed by atoms with Gasteiger partial charge in [0.05, 0.1) is 16.9 Å². The van der Waals surface area contributed by atoms with Gasteiger partial charge in [-0.05, 0) is 30.7 Å². The first-order valence-corrected chi connectivity index (χ1v) is 5.86. The highest BCUT2D eigenvalue weighted by Gasteiger charge is 2.31. The molecular weight excluding hydrogens is 274 g/mol. The van der Waals surface area contributed by atoms with Crippen LogP contribution in [0.15, 0.2) is 24.4 Å². The van der Waals surface area contributed by atoms with Gasteiger partial charge in [0.2, 0.25) is 0 Å². The second kappa shape index (κ2) is 5.15. The molecule has 0 bridgehead atoms. The topological polar surface area (TPSA) is 29.9 Å². The van der Waals surface area contributed by atoms with Crippen LogP contribution in [0.4, 0.5) is 23.2 Å². The summed E-state index contributed by atoms with van der Waals surface area (Å²) in [5.74, 6) is -0.903. The summed E-state index contributed by atoms with van der Waals surface area (Å²) in [6, 6.07) is 2.49. The van der Waals surface area contributed by atoms with Gasteiger partial charge in [0.15, 0.2) is 0 Å².